The zero-order valence-corrected chi connectivity index (χ0v) is 17.1. The van der Waals surface area contributed by atoms with E-state index in [2.05, 4.69) is 36.6 Å². The summed E-state index contributed by atoms with van der Waals surface area (Å²) in [6.07, 6.45) is 0. The molecule has 2 N–H and O–H groups in total. The van der Waals surface area contributed by atoms with Crippen LogP contribution in [0.1, 0.15) is 61.1 Å². The topological polar surface area (TPSA) is 101 Å². The third-order valence-electron chi connectivity index (χ3n) is 4.67. The summed E-state index contributed by atoms with van der Waals surface area (Å²) in [4.78, 5) is 34.8. The Balaban J connectivity index is 1.99. The lowest BCUT2D eigenvalue weighted by Gasteiger charge is -2.23. The molecule has 2 aromatic rings. The molecule has 1 atom stereocenters. The van der Waals surface area contributed by atoms with Crippen molar-refractivity contribution >= 4 is 17.5 Å². The Morgan fingerprint density at radius 3 is 2.17 bits per heavy atom. The van der Waals surface area contributed by atoms with Crippen LogP contribution in [0.15, 0.2) is 48.5 Å². The van der Waals surface area contributed by atoms with Crippen molar-refractivity contribution in [2.45, 2.75) is 39.7 Å². The molecule has 7 heteroatoms. The van der Waals surface area contributed by atoms with Crippen molar-refractivity contribution in [1.29, 1.82) is 0 Å². The quantitative estimate of drug-likeness (QED) is 0.520. The smallest absolute Gasteiger partial charge is 0.270 e. The molecule has 0 aromatic heterocycles. The SMILES string of the molecule is CC(C)c1ccc(C(NC(=O)CNC(=O)c2cccc([N+](=O)[O-])c2)C(C)C)cc1. The van der Waals surface area contributed by atoms with Crippen molar-refractivity contribution in [2.75, 3.05) is 6.54 Å². The molecule has 0 aliphatic rings. The minimum absolute atomic E-state index is 0.136. The molecule has 0 aliphatic heterocycles. The van der Waals surface area contributed by atoms with Gasteiger partial charge in [-0.3, -0.25) is 19.7 Å². The van der Waals surface area contributed by atoms with Gasteiger partial charge in [-0.05, 0) is 29.0 Å². The first-order valence-corrected chi connectivity index (χ1v) is 9.61. The summed E-state index contributed by atoms with van der Waals surface area (Å²) < 4.78 is 0. The first kappa shape index (κ1) is 22.1. The van der Waals surface area contributed by atoms with Gasteiger partial charge >= 0.3 is 0 Å². The van der Waals surface area contributed by atoms with Crippen LogP contribution in [-0.4, -0.2) is 23.3 Å². The fraction of sp³-hybridized carbons (Fsp3) is 0.364. The molecule has 29 heavy (non-hydrogen) atoms. The number of nitro benzene ring substituents is 1. The number of carbonyl (C=O) groups excluding carboxylic acids is 2. The minimum atomic E-state index is -0.568. The van der Waals surface area contributed by atoms with E-state index in [1.807, 2.05) is 26.0 Å². The molecule has 0 saturated heterocycles. The fourth-order valence-corrected chi connectivity index (χ4v) is 2.97. The van der Waals surface area contributed by atoms with Crippen LogP contribution in [0, 0.1) is 16.0 Å². The van der Waals surface area contributed by atoms with Gasteiger partial charge in [0.1, 0.15) is 0 Å². The van der Waals surface area contributed by atoms with Gasteiger partial charge in [-0.1, -0.05) is 58.0 Å². The molecular formula is C22H27N3O4. The van der Waals surface area contributed by atoms with Gasteiger partial charge in [0, 0.05) is 17.7 Å². The van der Waals surface area contributed by atoms with Crippen LogP contribution in [-0.2, 0) is 4.79 Å². The number of rotatable bonds is 8. The average molecular weight is 397 g/mol. The lowest BCUT2D eigenvalue weighted by atomic mass is 9.93. The third-order valence-corrected chi connectivity index (χ3v) is 4.67. The van der Waals surface area contributed by atoms with E-state index in [9.17, 15) is 19.7 Å². The van der Waals surface area contributed by atoms with E-state index in [1.165, 1.54) is 29.8 Å². The molecule has 2 rings (SSSR count). The van der Waals surface area contributed by atoms with Gasteiger partial charge in [-0.15, -0.1) is 0 Å². The number of benzene rings is 2. The van der Waals surface area contributed by atoms with Gasteiger partial charge in [0.15, 0.2) is 0 Å². The third kappa shape index (κ3) is 6.14. The molecule has 2 amide bonds. The van der Waals surface area contributed by atoms with E-state index in [0.717, 1.165) is 5.56 Å². The van der Waals surface area contributed by atoms with Gasteiger partial charge in [0.05, 0.1) is 17.5 Å². The first-order chi connectivity index (χ1) is 13.7. The Labute approximate surface area is 170 Å². The molecule has 1 unspecified atom stereocenters. The Morgan fingerprint density at radius 1 is 1.00 bits per heavy atom. The molecule has 0 saturated carbocycles. The van der Waals surface area contributed by atoms with E-state index >= 15 is 0 Å². The summed E-state index contributed by atoms with van der Waals surface area (Å²) in [6.45, 7) is 8.07. The summed E-state index contributed by atoms with van der Waals surface area (Å²) in [5.74, 6) is -0.266. The first-order valence-electron chi connectivity index (χ1n) is 9.61. The highest BCUT2D eigenvalue weighted by atomic mass is 16.6. The number of hydrogen-bond acceptors (Lipinski definition) is 4. The highest BCUT2D eigenvalue weighted by Gasteiger charge is 2.19. The number of nitro groups is 1. The van der Waals surface area contributed by atoms with Crippen molar-refractivity contribution in [1.82, 2.24) is 10.6 Å². The summed E-state index contributed by atoms with van der Waals surface area (Å²) in [5, 5.41) is 16.3. The molecule has 0 heterocycles. The van der Waals surface area contributed by atoms with Gasteiger partial charge in [-0.25, -0.2) is 0 Å². The summed E-state index contributed by atoms with van der Waals surface area (Å²) >= 11 is 0. The van der Waals surface area contributed by atoms with Gasteiger partial charge in [-0.2, -0.15) is 0 Å². The van der Waals surface area contributed by atoms with E-state index in [4.69, 9.17) is 0 Å². The van der Waals surface area contributed by atoms with E-state index in [0.29, 0.717) is 5.92 Å². The monoisotopic (exact) mass is 397 g/mol. The standard InChI is InChI=1S/C22H27N3O4/c1-14(2)16-8-10-17(11-9-16)21(15(3)4)24-20(26)13-23-22(27)18-6-5-7-19(12-18)25(28)29/h5-12,14-15,21H,13H2,1-4H3,(H,23,27)(H,24,26). The van der Waals surface area contributed by atoms with Crippen molar-refractivity contribution in [2.24, 2.45) is 5.92 Å². The average Bonchev–Trinajstić information content (AvgIpc) is 2.70. The van der Waals surface area contributed by atoms with Crippen LogP contribution in [0.5, 0.6) is 0 Å². The van der Waals surface area contributed by atoms with Gasteiger partial charge < -0.3 is 10.6 Å². The van der Waals surface area contributed by atoms with Crippen LogP contribution in [0.2, 0.25) is 0 Å². The van der Waals surface area contributed by atoms with Crippen LogP contribution < -0.4 is 10.6 Å². The Morgan fingerprint density at radius 2 is 1.62 bits per heavy atom. The summed E-state index contributed by atoms with van der Waals surface area (Å²) in [7, 11) is 0. The van der Waals surface area contributed by atoms with E-state index < -0.39 is 10.8 Å². The Bertz CT molecular complexity index is 876. The second kappa shape index (κ2) is 9.82. The highest BCUT2D eigenvalue weighted by Crippen LogP contribution is 2.24. The zero-order valence-electron chi connectivity index (χ0n) is 17.1. The molecule has 0 radical (unpaired) electrons. The number of carbonyl (C=O) groups is 2. The van der Waals surface area contributed by atoms with Crippen LogP contribution in [0.25, 0.3) is 0 Å². The Kier molecular flexibility index (Phi) is 7.47. The molecule has 2 aromatic carbocycles. The van der Waals surface area contributed by atoms with E-state index in [-0.39, 0.29) is 35.7 Å². The molecule has 0 aliphatic carbocycles. The second-order valence-corrected chi connectivity index (χ2v) is 7.60. The maximum Gasteiger partial charge on any atom is 0.270 e. The maximum atomic E-state index is 12.4. The van der Waals surface area contributed by atoms with Crippen LogP contribution >= 0.6 is 0 Å². The van der Waals surface area contributed by atoms with Gasteiger partial charge in [0.2, 0.25) is 5.91 Å². The second-order valence-electron chi connectivity index (χ2n) is 7.60. The van der Waals surface area contributed by atoms with Crippen LogP contribution in [0.3, 0.4) is 0 Å². The predicted octanol–water partition coefficient (Wildman–Crippen LogP) is 3.96. The molecule has 0 spiro atoms. The number of amides is 2. The molecule has 0 fully saturated rings. The molecule has 7 nitrogen and oxygen atoms in total. The number of nitrogens with zero attached hydrogens (tertiary/aromatic N) is 1. The lowest BCUT2D eigenvalue weighted by Crippen LogP contribution is -2.40. The van der Waals surface area contributed by atoms with Crippen molar-refractivity contribution < 1.29 is 14.5 Å². The number of hydrogen-bond donors (Lipinski definition) is 2. The fourth-order valence-electron chi connectivity index (χ4n) is 2.97. The lowest BCUT2D eigenvalue weighted by molar-refractivity contribution is -0.384. The number of non-ortho nitro benzene ring substituents is 1. The highest BCUT2D eigenvalue weighted by molar-refractivity contribution is 5.97. The normalized spacial score (nSPS) is 11.9. The number of nitrogens with one attached hydrogen (secondary N) is 2. The molecule has 154 valence electrons. The van der Waals surface area contributed by atoms with Crippen molar-refractivity contribution in [3.8, 4) is 0 Å². The molecule has 0 bridgehead atoms. The maximum absolute atomic E-state index is 12.4. The van der Waals surface area contributed by atoms with Crippen molar-refractivity contribution in [3.63, 3.8) is 0 Å². The Hall–Kier alpha value is -3.22. The predicted molar refractivity (Wildman–Crippen MR) is 112 cm³/mol. The summed E-state index contributed by atoms with van der Waals surface area (Å²) in [6, 6.07) is 13.4. The van der Waals surface area contributed by atoms with Gasteiger partial charge in [0.25, 0.3) is 11.6 Å². The largest absolute Gasteiger partial charge is 0.348 e. The van der Waals surface area contributed by atoms with Crippen LogP contribution in [0.4, 0.5) is 5.69 Å². The molecular weight excluding hydrogens is 370 g/mol. The van der Waals surface area contributed by atoms with Crippen molar-refractivity contribution in [3.05, 3.63) is 75.3 Å². The minimum Gasteiger partial charge on any atom is -0.348 e. The summed E-state index contributed by atoms with van der Waals surface area (Å²) in [5.41, 5.74) is 2.19. The van der Waals surface area contributed by atoms with E-state index in [1.54, 1.807) is 0 Å². The zero-order chi connectivity index (χ0) is 21.6.